The number of anilines is 1. The first-order valence-corrected chi connectivity index (χ1v) is 8.25. The molecule has 0 radical (unpaired) electrons. The number of amides is 1. The molecule has 0 unspecified atom stereocenters. The fraction of sp³-hybridized carbons (Fsp3) is 0.278. The number of ether oxygens (including phenoxy) is 1. The Balaban J connectivity index is 1.92. The minimum Gasteiger partial charge on any atom is -0.484 e. The molecule has 0 aliphatic rings. The summed E-state index contributed by atoms with van der Waals surface area (Å²) in [7, 11) is 0. The van der Waals surface area contributed by atoms with Crippen LogP contribution in [0.4, 0.5) is 11.4 Å². The summed E-state index contributed by atoms with van der Waals surface area (Å²) in [4.78, 5) is 22.2. The summed E-state index contributed by atoms with van der Waals surface area (Å²) in [6, 6.07) is 11.7. The van der Waals surface area contributed by atoms with E-state index in [0.717, 1.165) is 6.42 Å². The number of carbonyl (C=O) groups excluding carboxylic acids is 1. The summed E-state index contributed by atoms with van der Waals surface area (Å²) in [5, 5.41) is 13.4. The SMILES string of the molecule is CC[C@@H](C)c1ccc(OCC(=O)Nc2ccc(Cl)c([N+](=O)[O-])c2)cc1. The third-order valence-electron chi connectivity index (χ3n) is 3.86. The van der Waals surface area contributed by atoms with E-state index in [1.807, 2.05) is 24.3 Å². The van der Waals surface area contributed by atoms with Crippen molar-refractivity contribution in [1.29, 1.82) is 0 Å². The summed E-state index contributed by atoms with van der Waals surface area (Å²) >= 11 is 5.74. The van der Waals surface area contributed by atoms with E-state index in [2.05, 4.69) is 19.2 Å². The van der Waals surface area contributed by atoms with Crippen LogP contribution in [0.5, 0.6) is 5.75 Å². The van der Waals surface area contributed by atoms with Crippen molar-refractivity contribution < 1.29 is 14.5 Å². The van der Waals surface area contributed by atoms with Gasteiger partial charge in [-0.25, -0.2) is 0 Å². The number of benzene rings is 2. The molecule has 0 aromatic heterocycles. The quantitative estimate of drug-likeness (QED) is 0.567. The molecule has 7 heteroatoms. The van der Waals surface area contributed by atoms with Crippen LogP contribution in [0.1, 0.15) is 31.7 Å². The summed E-state index contributed by atoms with van der Waals surface area (Å²) in [5.41, 5.74) is 1.24. The van der Waals surface area contributed by atoms with Gasteiger partial charge in [-0.15, -0.1) is 0 Å². The molecule has 0 aliphatic heterocycles. The van der Waals surface area contributed by atoms with Crippen molar-refractivity contribution in [3.8, 4) is 5.75 Å². The molecule has 25 heavy (non-hydrogen) atoms. The minimum absolute atomic E-state index is 0.0145. The monoisotopic (exact) mass is 362 g/mol. The molecule has 132 valence electrons. The van der Waals surface area contributed by atoms with E-state index in [0.29, 0.717) is 11.7 Å². The van der Waals surface area contributed by atoms with E-state index < -0.39 is 10.8 Å². The highest BCUT2D eigenvalue weighted by Crippen LogP contribution is 2.27. The smallest absolute Gasteiger partial charge is 0.289 e. The maximum atomic E-state index is 11.9. The molecule has 1 N–H and O–H groups in total. The van der Waals surface area contributed by atoms with Crippen molar-refractivity contribution in [1.82, 2.24) is 0 Å². The highest BCUT2D eigenvalue weighted by Gasteiger charge is 2.14. The fourth-order valence-electron chi connectivity index (χ4n) is 2.20. The van der Waals surface area contributed by atoms with Crippen LogP contribution < -0.4 is 10.1 Å². The molecule has 0 aliphatic carbocycles. The number of hydrogen-bond donors (Lipinski definition) is 1. The minimum atomic E-state index is -0.604. The number of hydrogen-bond acceptors (Lipinski definition) is 4. The Morgan fingerprint density at radius 3 is 2.56 bits per heavy atom. The molecule has 6 nitrogen and oxygen atoms in total. The highest BCUT2D eigenvalue weighted by molar-refractivity contribution is 6.32. The van der Waals surface area contributed by atoms with E-state index in [4.69, 9.17) is 16.3 Å². The first kappa shape index (κ1) is 18.7. The van der Waals surface area contributed by atoms with Crippen LogP contribution in [0.2, 0.25) is 5.02 Å². The van der Waals surface area contributed by atoms with Gasteiger partial charge in [0.25, 0.3) is 11.6 Å². The van der Waals surface area contributed by atoms with Gasteiger partial charge in [0.15, 0.2) is 6.61 Å². The number of rotatable bonds is 7. The van der Waals surface area contributed by atoms with E-state index in [9.17, 15) is 14.9 Å². The van der Waals surface area contributed by atoms with Gasteiger partial charge >= 0.3 is 0 Å². The van der Waals surface area contributed by atoms with Gasteiger partial charge in [-0.2, -0.15) is 0 Å². The van der Waals surface area contributed by atoms with Crippen LogP contribution >= 0.6 is 11.6 Å². The molecule has 0 spiro atoms. The Hall–Kier alpha value is -2.60. The third kappa shape index (κ3) is 5.19. The Morgan fingerprint density at radius 2 is 1.96 bits per heavy atom. The zero-order valence-corrected chi connectivity index (χ0v) is 14.7. The second-order valence-corrected chi connectivity index (χ2v) is 6.05. The van der Waals surface area contributed by atoms with Crippen molar-refractivity contribution >= 4 is 28.9 Å². The maximum absolute atomic E-state index is 11.9. The first-order chi connectivity index (χ1) is 11.9. The zero-order valence-electron chi connectivity index (χ0n) is 14.0. The zero-order chi connectivity index (χ0) is 18.4. The van der Waals surface area contributed by atoms with Crippen molar-refractivity contribution in [2.75, 3.05) is 11.9 Å². The van der Waals surface area contributed by atoms with Crippen molar-refractivity contribution in [3.05, 3.63) is 63.2 Å². The predicted octanol–water partition coefficient (Wildman–Crippen LogP) is 4.78. The normalized spacial score (nSPS) is 11.6. The van der Waals surface area contributed by atoms with Gasteiger partial charge in [0.05, 0.1) is 4.92 Å². The summed E-state index contributed by atoms with van der Waals surface area (Å²) < 4.78 is 5.44. The number of carbonyl (C=O) groups is 1. The molecule has 1 atom stereocenters. The number of nitro benzene ring substituents is 1. The van der Waals surface area contributed by atoms with Gasteiger partial charge in [-0.1, -0.05) is 37.6 Å². The van der Waals surface area contributed by atoms with Crippen LogP contribution in [-0.2, 0) is 4.79 Å². The van der Waals surface area contributed by atoms with E-state index >= 15 is 0 Å². The Bertz CT molecular complexity index is 762. The molecule has 0 saturated carbocycles. The van der Waals surface area contributed by atoms with Gasteiger partial charge < -0.3 is 10.1 Å². The molecule has 2 aromatic rings. The number of nitro groups is 1. The molecular formula is C18H19ClN2O4. The molecule has 1 amide bonds. The second-order valence-electron chi connectivity index (χ2n) is 5.64. The largest absolute Gasteiger partial charge is 0.484 e. The molecule has 2 aromatic carbocycles. The Kier molecular flexibility index (Phi) is 6.36. The molecule has 0 saturated heterocycles. The second kappa shape index (κ2) is 8.48. The van der Waals surface area contributed by atoms with Gasteiger partial charge in [-0.05, 0) is 42.2 Å². The van der Waals surface area contributed by atoms with Gasteiger partial charge in [0.1, 0.15) is 10.8 Å². The summed E-state index contributed by atoms with van der Waals surface area (Å²) in [6.07, 6.45) is 1.05. The molecular weight excluding hydrogens is 344 g/mol. The van der Waals surface area contributed by atoms with Crippen LogP contribution in [0.3, 0.4) is 0 Å². The van der Waals surface area contributed by atoms with Crippen LogP contribution in [0.25, 0.3) is 0 Å². The van der Waals surface area contributed by atoms with Crippen LogP contribution in [0.15, 0.2) is 42.5 Å². The first-order valence-electron chi connectivity index (χ1n) is 7.87. The van der Waals surface area contributed by atoms with Crippen molar-refractivity contribution in [2.24, 2.45) is 0 Å². The lowest BCUT2D eigenvalue weighted by Crippen LogP contribution is -2.20. The van der Waals surface area contributed by atoms with Crippen molar-refractivity contribution in [2.45, 2.75) is 26.2 Å². The van der Waals surface area contributed by atoms with Crippen LogP contribution in [0, 0.1) is 10.1 Å². The molecule has 0 heterocycles. The average Bonchev–Trinajstić information content (AvgIpc) is 2.61. The number of nitrogens with zero attached hydrogens (tertiary/aromatic N) is 1. The van der Waals surface area contributed by atoms with Gasteiger partial charge in [0.2, 0.25) is 0 Å². The lowest BCUT2D eigenvalue weighted by Gasteiger charge is -2.11. The Morgan fingerprint density at radius 1 is 1.28 bits per heavy atom. The summed E-state index contributed by atoms with van der Waals surface area (Å²) in [6.45, 7) is 4.08. The standard InChI is InChI=1S/C18H19ClN2O4/c1-3-12(2)13-4-7-15(8-5-13)25-11-18(22)20-14-6-9-16(19)17(10-14)21(23)24/h4-10,12H,3,11H2,1-2H3,(H,20,22)/t12-/m1/s1. The van der Waals surface area contributed by atoms with Crippen LogP contribution in [-0.4, -0.2) is 17.4 Å². The van der Waals surface area contributed by atoms with Gasteiger partial charge in [0, 0.05) is 11.8 Å². The topological polar surface area (TPSA) is 81.5 Å². The number of nitrogens with one attached hydrogen (secondary N) is 1. The average molecular weight is 363 g/mol. The number of halogens is 1. The van der Waals surface area contributed by atoms with E-state index in [-0.39, 0.29) is 23.0 Å². The van der Waals surface area contributed by atoms with E-state index in [1.165, 1.54) is 23.8 Å². The van der Waals surface area contributed by atoms with Crippen molar-refractivity contribution in [3.63, 3.8) is 0 Å². The molecule has 0 fully saturated rings. The molecule has 0 bridgehead atoms. The third-order valence-corrected chi connectivity index (χ3v) is 4.18. The lowest BCUT2D eigenvalue weighted by molar-refractivity contribution is -0.384. The maximum Gasteiger partial charge on any atom is 0.289 e. The lowest BCUT2D eigenvalue weighted by atomic mass is 9.99. The Labute approximate surface area is 150 Å². The molecule has 2 rings (SSSR count). The van der Waals surface area contributed by atoms with E-state index in [1.54, 1.807) is 0 Å². The predicted molar refractivity (Wildman–Crippen MR) is 97.4 cm³/mol. The highest BCUT2D eigenvalue weighted by atomic mass is 35.5. The van der Waals surface area contributed by atoms with Gasteiger partial charge in [-0.3, -0.25) is 14.9 Å². The summed E-state index contributed by atoms with van der Waals surface area (Å²) in [5.74, 6) is 0.643. The fourth-order valence-corrected chi connectivity index (χ4v) is 2.39.